The van der Waals surface area contributed by atoms with Crippen LogP contribution in [0, 0.1) is 0 Å². The molecule has 0 atom stereocenters. The SMILES string of the molecule is CCCCN(CCCC(=O)OCC)c1ccc(C2=C(O)C(=C3C=CC(=[N+](CCCC)CCCC(=O)OCC)C=C3)C2=O)cc1. The van der Waals surface area contributed by atoms with Crippen LogP contribution in [0.2, 0.25) is 0 Å². The minimum atomic E-state index is -0.175. The highest BCUT2D eigenvalue weighted by atomic mass is 16.5. The van der Waals surface area contributed by atoms with Crippen LogP contribution in [0.25, 0.3) is 5.57 Å². The van der Waals surface area contributed by atoms with Gasteiger partial charge in [0.1, 0.15) is 18.8 Å². The molecule has 0 spiro atoms. The summed E-state index contributed by atoms with van der Waals surface area (Å²) in [5.41, 5.74) is 4.08. The first-order chi connectivity index (χ1) is 21.3. The molecule has 0 radical (unpaired) electrons. The predicted octanol–water partition coefficient (Wildman–Crippen LogP) is 6.51. The molecule has 1 aromatic carbocycles. The van der Waals surface area contributed by atoms with Gasteiger partial charge < -0.3 is 19.5 Å². The number of rotatable bonds is 18. The third kappa shape index (κ3) is 9.53. The summed E-state index contributed by atoms with van der Waals surface area (Å²) < 4.78 is 12.4. The Morgan fingerprint density at radius 2 is 1.32 bits per heavy atom. The summed E-state index contributed by atoms with van der Waals surface area (Å²) in [5, 5.41) is 11.0. The van der Waals surface area contributed by atoms with E-state index in [9.17, 15) is 19.5 Å². The average Bonchev–Trinajstić information content (AvgIpc) is 3.02. The normalized spacial score (nSPS) is 14.2. The van der Waals surface area contributed by atoms with Crippen molar-refractivity contribution < 1.29 is 33.5 Å². The molecule has 0 saturated heterocycles. The van der Waals surface area contributed by atoms with Crippen molar-refractivity contribution >= 4 is 34.7 Å². The summed E-state index contributed by atoms with van der Waals surface area (Å²) in [6.45, 7) is 11.9. The van der Waals surface area contributed by atoms with E-state index in [0.717, 1.165) is 63.3 Å². The van der Waals surface area contributed by atoms with Crippen molar-refractivity contribution in [3.63, 3.8) is 0 Å². The number of nitrogens with zero attached hydrogens (tertiary/aromatic N) is 2. The van der Waals surface area contributed by atoms with Crippen molar-refractivity contribution in [2.45, 2.75) is 79.1 Å². The lowest BCUT2D eigenvalue weighted by molar-refractivity contribution is -0.527. The summed E-state index contributed by atoms with van der Waals surface area (Å²) >= 11 is 0. The van der Waals surface area contributed by atoms with Gasteiger partial charge in [-0.1, -0.05) is 38.8 Å². The number of aliphatic hydroxyl groups excluding tert-OH is 1. The lowest BCUT2D eigenvalue weighted by Crippen LogP contribution is -2.26. The molecule has 2 aliphatic carbocycles. The number of benzene rings is 1. The van der Waals surface area contributed by atoms with Crippen molar-refractivity contribution in [2.24, 2.45) is 0 Å². The maximum atomic E-state index is 13.2. The Kier molecular flexibility index (Phi) is 14.1. The molecule has 0 aromatic heterocycles. The van der Waals surface area contributed by atoms with Crippen molar-refractivity contribution in [2.75, 3.05) is 44.3 Å². The second-order valence-electron chi connectivity index (χ2n) is 11.0. The summed E-state index contributed by atoms with van der Waals surface area (Å²) in [4.78, 5) is 39.0. The van der Waals surface area contributed by atoms with Crippen molar-refractivity contribution in [3.05, 3.63) is 71.0 Å². The third-order valence-electron chi connectivity index (χ3n) is 7.76. The first-order valence-electron chi connectivity index (χ1n) is 16.2. The molecule has 1 N–H and O–H groups in total. The van der Waals surface area contributed by atoms with Gasteiger partial charge in [0, 0.05) is 50.2 Å². The van der Waals surface area contributed by atoms with E-state index in [2.05, 4.69) is 23.3 Å². The second kappa shape index (κ2) is 18.0. The van der Waals surface area contributed by atoms with Gasteiger partial charge in [-0.25, -0.2) is 4.58 Å². The topological polar surface area (TPSA) is 96.2 Å². The fourth-order valence-electron chi connectivity index (χ4n) is 5.35. The predicted molar refractivity (Wildman–Crippen MR) is 175 cm³/mol. The van der Waals surface area contributed by atoms with Gasteiger partial charge in [-0.2, -0.15) is 0 Å². The minimum absolute atomic E-state index is 0.0186. The first-order valence-corrected chi connectivity index (χ1v) is 16.2. The quantitative estimate of drug-likeness (QED) is 0.116. The Labute approximate surface area is 262 Å². The molecule has 2 aliphatic rings. The summed E-state index contributed by atoms with van der Waals surface area (Å²) in [5.74, 6) is -0.501. The maximum absolute atomic E-state index is 13.2. The van der Waals surface area contributed by atoms with Crippen molar-refractivity contribution in [3.8, 4) is 0 Å². The van der Waals surface area contributed by atoms with Gasteiger partial charge in [0.15, 0.2) is 5.71 Å². The molecular weight excluding hydrogens is 556 g/mol. The van der Waals surface area contributed by atoms with E-state index in [1.807, 2.05) is 62.4 Å². The van der Waals surface area contributed by atoms with E-state index < -0.39 is 0 Å². The Morgan fingerprint density at radius 3 is 1.89 bits per heavy atom. The number of unbranched alkanes of at least 4 members (excludes halogenated alkanes) is 2. The van der Waals surface area contributed by atoms with E-state index in [-0.39, 0.29) is 23.5 Å². The number of ether oxygens (including phenoxy) is 2. The van der Waals surface area contributed by atoms with Gasteiger partial charge in [-0.3, -0.25) is 14.4 Å². The monoisotopic (exact) mass is 605 g/mol. The van der Waals surface area contributed by atoms with E-state index in [1.54, 1.807) is 0 Å². The van der Waals surface area contributed by atoms with Crippen molar-refractivity contribution in [1.82, 2.24) is 0 Å². The maximum Gasteiger partial charge on any atom is 0.306 e. The molecule has 238 valence electrons. The lowest BCUT2D eigenvalue weighted by atomic mass is 9.80. The van der Waals surface area contributed by atoms with Gasteiger partial charge in [-0.05, 0) is 62.1 Å². The second-order valence-corrected chi connectivity index (χ2v) is 11.0. The molecule has 0 heterocycles. The first kappa shape index (κ1) is 34.5. The number of esters is 2. The largest absolute Gasteiger partial charge is 0.506 e. The van der Waals surface area contributed by atoms with Crippen molar-refractivity contribution in [1.29, 1.82) is 0 Å². The summed E-state index contributed by atoms with van der Waals surface area (Å²) in [6, 6.07) is 7.71. The molecule has 0 fully saturated rings. The third-order valence-corrected chi connectivity index (χ3v) is 7.76. The molecular formula is C36H49N2O6+. The minimum Gasteiger partial charge on any atom is -0.506 e. The van der Waals surface area contributed by atoms with Gasteiger partial charge in [-0.15, -0.1) is 0 Å². The number of ketones is 1. The van der Waals surface area contributed by atoms with Crippen LogP contribution in [0.3, 0.4) is 0 Å². The molecule has 8 heteroatoms. The molecule has 44 heavy (non-hydrogen) atoms. The number of anilines is 1. The van der Waals surface area contributed by atoms with E-state index in [1.165, 1.54) is 0 Å². The van der Waals surface area contributed by atoms with Crippen LogP contribution >= 0.6 is 0 Å². The standard InChI is InChI=1S/C36H48N2O6/c1-5-9-23-37(25-11-13-31(39)43-7-3)29-19-15-27(16-20-29)33-35(41)34(36(33)42)28-17-21-30(22-18-28)38(24-10-6-2)26-12-14-32(40)44-8-4/h15-22H,5-14,23-26H2,1-4H3/p+1. The molecule has 0 unspecified atom stereocenters. The highest BCUT2D eigenvalue weighted by Crippen LogP contribution is 2.39. The van der Waals surface area contributed by atoms with E-state index >= 15 is 0 Å². The van der Waals surface area contributed by atoms with Gasteiger partial charge in [0.2, 0.25) is 5.78 Å². The summed E-state index contributed by atoms with van der Waals surface area (Å²) in [7, 11) is 0. The zero-order valence-corrected chi connectivity index (χ0v) is 26.9. The number of hydrogen-bond acceptors (Lipinski definition) is 7. The molecule has 0 bridgehead atoms. The smallest absolute Gasteiger partial charge is 0.306 e. The number of aliphatic hydroxyl groups is 1. The van der Waals surface area contributed by atoms with Gasteiger partial charge in [0.25, 0.3) is 0 Å². The zero-order chi connectivity index (χ0) is 31.9. The molecule has 3 rings (SSSR count). The Hall–Kier alpha value is -3.94. The highest BCUT2D eigenvalue weighted by Gasteiger charge is 2.36. The van der Waals surface area contributed by atoms with Gasteiger partial charge in [0.05, 0.1) is 30.8 Å². The summed E-state index contributed by atoms with van der Waals surface area (Å²) in [6.07, 6.45) is 14.1. The van der Waals surface area contributed by atoms with E-state index in [4.69, 9.17) is 9.47 Å². The molecule has 1 aromatic rings. The Balaban J connectivity index is 1.72. The number of allylic oxidation sites excluding steroid dienone is 7. The number of carbonyl (C=O) groups excluding carboxylic acids is 3. The van der Waals surface area contributed by atoms with Crippen LogP contribution < -0.4 is 4.90 Å². The zero-order valence-electron chi connectivity index (χ0n) is 26.9. The average molecular weight is 606 g/mol. The van der Waals surface area contributed by atoms with Crippen LogP contribution in [0.4, 0.5) is 5.69 Å². The highest BCUT2D eigenvalue weighted by molar-refractivity contribution is 6.39. The fourth-order valence-corrected chi connectivity index (χ4v) is 5.35. The molecule has 0 amide bonds. The Bertz CT molecular complexity index is 1300. The molecule has 8 nitrogen and oxygen atoms in total. The Morgan fingerprint density at radius 1 is 0.750 bits per heavy atom. The molecule has 0 saturated carbocycles. The number of hydrogen-bond donors (Lipinski definition) is 1. The van der Waals surface area contributed by atoms with Crippen LogP contribution in [-0.4, -0.2) is 72.5 Å². The number of carbonyl (C=O) groups is 3. The van der Waals surface area contributed by atoms with Crippen LogP contribution in [-0.2, 0) is 23.9 Å². The van der Waals surface area contributed by atoms with E-state index in [0.29, 0.717) is 61.2 Å². The van der Waals surface area contributed by atoms with Crippen LogP contribution in [0.1, 0.15) is 84.6 Å². The molecule has 0 aliphatic heterocycles. The van der Waals surface area contributed by atoms with Crippen LogP contribution in [0.15, 0.2) is 65.5 Å². The van der Waals surface area contributed by atoms with Gasteiger partial charge >= 0.3 is 11.9 Å². The van der Waals surface area contributed by atoms with Crippen LogP contribution in [0.5, 0.6) is 0 Å². The fraction of sp³-hybridized carbons (Fsp3) is 0.500. The lowest BCUT2D eigenvalue weighted by Gasteiger charge is -2.26. The number of Topliss-reactive ketones (excluding diaryl/α,β-unsaturated/α-hetero) is 1.